The summed E-state index contributed by atoms with van der Waals surface area (Å²) in [5, 5.41) is 18.8. The van der Waals surface area contributed by atoms with Gasteiger partial charge in [-0.15, -0.1) is 16.4 Å². The van der Waals surface area contributed by atoms with Crippen LogP contribution in [-0.4, -0.2) is 49.2 Å². The van der Waals surface area contributed by atoms with Gasteiger partial charge in [0, 0.05) is 31.3 Å². The van der Waals surface area contributed by atoms with E-state index in [0.29, 0.717) is 25.3 Å². The van der Waals surface area contributed by atoms with Gasteiger partial charge in [-0.25, -0.2) is 14.5 Å². The van der Waals surface area contributed by atoms with Crippen LogP contribution in [-0.2, 0) is 17.7 Å². The molecule has 0 atom stereocenters. The van der Waals surface area contributed by atoms with Crippen LogP contribution < -0.4 is 0 Å². The van der Waals surface area contributed by atoms with Crippen molar-refractivity contribution in [2.75, 3.05) is 13.7 Å². The van der Waals surface area contributed by atoms with Crippen molar-refractivity contribution in [2.24, 2.45) is 0 Å². The van der Waals surface area contributed by atoms with Crippen LogP contribution in [0, 0.1) is 0 Å². The summed E-state index contributed by atoms with van der Waals surface area (Å²) in [5.74, 6) is -1.09. The summed E-state index contributed by atoms with van der Waals surface area (Å²) in [6.07, 6.45) is 4.26. The Morgan fingerprint density at radius 3 is 3.10 bits per heavy atom. The topological polar surface area (TPSA) is 94.5 Å². The Morgan fingerprint density at radius 1 is 1.52 bits per heavy atom. The molecule has 0 fully saturated rings. The number of carbonyl (C=O) groups is 1. The maximum Gasteiger partial charge on any atom is 0.358 e. The van der Waals surface area contributed by atoms with Gasteiger partial charge in [0.05, 0.1) is 24.5 Å². The quantitative estimate of drug-likeness (QED) is 0.728. The lowest BCUT2D eigenvalue weighted by atomic mass is 10.2. The van der Waals surface area contributed by atoms with Crippen LogP contribution in [0.5, 0.6) is 0 Å². The predicted octanol–water partition coefficient (Wildman–Crippen LogP) is 0.923. The zero-order valence-electron chi connectivity index (χ0n) is 11.3. The number of imidazole rings is 1. The average molecular weight is 307 g/mol. The number of carboxylic acid groups (broad SMARTS) is 1. The highest BCUT2D eigenvalue weighted by molar-refractivity contribution is 7.15. The van der Waals surface area contributed by atoms with Crippen molar-refractivity contribution in [3.63, 3.8) is 0 Å². The summed E-state index contributed by atoms with van der Waals surface area (Å²) < 4.78 is 8.50. The van der Waals surface area contributed by atoms with Crippen molar-refractivity contribution < 1.29 is 14.6 Å². The number of nitrogens with zero attached hydrogens (tertiary/aromatic N) is 5. The normalized spacial score (nSPS) is 11.3. The Morgan fingerprint density at radius 2 is 2.38 bits per heavy atom. The first kappa shape index (κ1) is 13.7. The van der Waals surface area contributed by atoms with Crippen molar-refractivity contribution in [3.05, 3.63) is 34.9 Å². The number of hydrogen-bond donors (Lipinski definition) is 1. The van der Waals surface area contributed by atoms with E-state index in [0.717, 1.165) is 10.7 Å². The highest BCUT2D eigenvalue weighted by Gasteiger charge is 2.19. The molecule has 0 aromatic carbocycles. The third-order valence-electron chi connectivity index (χ3n) is 3.04. The molecule has 3 heterocycles. The molecule has 0 saturated heterocycles. The second-order valence-electron chi connectivity index (χ2n) is 4.42. The van der Waals surface area contributed by atoms with Crippen LogP contribution in [0.4, 0.5) is 0 Å². The van der Waals surface area contributed by atoms with E-state index in [4.69, 9.17) is 9.84 Å². The summed E-state index contributed by atoms with van der Waals surface area (Å²) in [6.45, 7) is 0.791. The third-order valence-corrected chi connectivity index (χ3v) is 3.81. The number of methoxy groups -OCH3 is 1. The monoisotopic (exact) mass is 307 g/mol. The first-order valence-electron chi connectivity index (χ1n) is 6.24. The van der Waals surface area contributed by atoms with E-state index in [1.165, 1.54) is 11.3 Å². The molecule has 0 amide bonds. The lowest BCUT2D eigenvalue weighted by Gasteiger charge is -2.04. The Balaban J connectivity index is 1.90. The van der Waals surface area contributed by atoms with E-state index in [2.05, 4.69) is 15.3 Å². The van der Waals surface area contributed by atoms with E-state index in [1.807, 2.05) is 22.2 Å². The van der Waals surface area contributed by atoms with Gasteiger partial charge in [-0.1, -0.05) is 5.21 Å². The smallest absolute Gasteiger partial charge is 0.358 e. The second-order valence-corrected chi connectivity index (χ2v) is 5.29. The van der Waals surface area contributed by atoms with Crippen molar-refractivity contribution in [2.45, 2.75) is 13.0 Å². The zero-order chi connectivity index (χ0) is 14.8. The molecule has 1 N–H and O–H groups in total. The minimum Gasteiger partial charge on any atom is -0.476 e. The first-order valence-corrected chi connectivity index (χ1v) is 7.12. The van der Waals surface area contributed by atoms with Gasteiger partial charge < -0.3 is 9.84 Å². The lowest BCUT2D eigenvalue weighted by molar-refractivity contribution is 0.0688. The Kier molecular flexibility index (Phi) is 3.67. The number of aromatic carboxylic acids is 1. The van der Waals surface area contributed by atoms with Crippen molar-refractivity contribution in [1.82, 2.24) is 24.4 Å². The van der Waals surface area contributed by atoms with Gasteiger partial charge in [0.2, 0.25) is 0 Å². The molecule has 8 nitrogen and oxygen atoms in total. The van der Waals surface area contributed by atoms with Gasteiger partial charge in [-0.2, -0.15) is 0 Å². The number of ether oxygens (including phenoxy) is 1. The summed E-state index contributed by atoms with van der Waals surface area (Å²) in [5.41, 5.74) is 1.32. The maximum absolute atomic E-state index is 11.2. The maximum atomic E-state index is 11.2. The zero-order valence-corrected chi connectivity index (χ0v) is 12.1. The Bertz CT molecular complexity index is 746. The van der Waals surface area contributed by atoms with Crippen molar-refractivity contribution in [1.29, 1.82) is 0 Å². The Labute approximate surface area is 123 Å². The summed E-state index contributed by atoms with van der Waals surface area (Å²) in [4.78, 5) is 16.5. The predicted molar refractivity (Wildman–Crippen MR) is 74.7 cm³/mol. The Hall–Kier alpha value is -2.26. The van der Waals surface area contributed by atoms with Gasteiger partial charge in [0.25, 0.3) is 0 Å². The molecule has 0 saturated carbocycles. The molecular formula is C12H13N5O3S. The molecular weight excluding hydrogens is 294 g/mol. The summed E-state index contributed by atoms with van der Waals surface area (Å²) in [6, 6.07) is 0. The molecule has 0 aliphatic carbocycles. The first-order chi connectivity index (χ1) is 10.2. The van der Waals surface area contributed by atoms with E-state index in [1.54, 1.807) is 11.8 Å². The SMILES string of the molecule is COCCc1c(C(=O)O)nnn1Cc1cn2ccsc2n1. The molecule has 0 unspecified atom stereocenters. The molecule has 0 bridgehead atoms. The van der Waals surface area contributed by atoms with Crippen LogP contribution >= 0.6 is 11.3 Å². The molecule has 3 aromatic rings. The highest BCUT2D eigenvalue weighted by atomic mass is 32.1. The molecule has 3 rings (SSSR count). The van der Waals surface area contributed by atoms with Crippen LogP contribution in [0.15, 0.2) is 17.8 Å². The lowest BCUT2D eigenvalue weighted by Crippen LogP contribution is -2.12. The van der Waals surface area contributed by atoms with Gasteiger partial charge >= 0.3 is 5.97 Å². The van der Waals surface area contributed by atoms with Crippen LogP contribution in [0.1, 0.15) is 21.9 Å². The molecule has 0 spiro atoms. The van der Waals surface area contributed by atoms with Gasteiger partial charge in [-0.3, -0.25) is 4.40 Å². The van der Waals surface area contributed by atoms with E-state index < -0.39 is 5.97 Å². The van der Waals surface area contributed by atoms with Crippen molar-refractivity contribution >= 4 is 22.3 Å². The van der Waals surface area contributed by atoms with Crippen LogP contribution in [0.25, 0.3) is 4.96 Å². The summed E-state index contributed by atoms with van der Waals surface area (Å²) >= 11 is 1.54. The van der Waals surface area contributed by atoms with Gasteiger partial charge in [0.1, 0.15) is 0 Å². The minimum absolute atomic E-state index is 0.0342. The number of aromatic nitrogens is 5. The second kappa shape index (κ2) is 5.62. The van der Waals surface area contributed by atoms with Crippen LogP contribution in [0.3, 0.4) is 0 Å². The van der Waals surface area contributed by atoms with E-state index in [-0.39, 0.29) is 5.69 Å². The molecule has 9 heteroatoms. The molecule has 0 aliphatic rings. The highest BCUT2D eigenvalue weighted by Crippen LogP contribution is 2.14. The number of rotatable bonds is 6. The van der Waals surface area contributed by atoms with Crippen molar-refractivity contribution in [3.8, 4) is 0 Å². The molecule has 3 aromatic heterocycles. The molecule has 110 valence electrons. The van der Waals surface area contributed by atoms with Gasteiger partial charge in [0.15, 0.2) is 10.7 Å². The third kappa shape index (κ3) is 2.65. The molecule has 21 heavy (non-hydrogen) atoms. The number of fused-ring (bicyclic) bond motifs is 1. The fraction of sp³-hybridized carbons (Fsp3) is 0.333. The van der Waals surface area contributed by atoms with Gasteiger partial charge in [-0.05, 0) is 0 Å². The number of thiazole rings is 1. The van der Waals surface area contributed by atoms with Crippen LogP contribution in [0.2, 0.25) is 0 Å². The van der Waals surface area contributed by atoms with E-state index in [9.17, 15) is 4.79 Å². The largest absolute Gasteiger partial charge is 0.476 e. The molecule has 0 aliphatic heterocycles. The number of hydrogen-bond acceptors (Lipinski definition) is 6. The average Bonchev–Trinajstić information content (AvgIpc) is 3.11. The summed E-state index contributed by atoms with van der Waals surface area (Å²) in [7, 11) is 1.57. The fourth-order valence-electron chi connectivity index (χ4n) is 2.08. The standard InChI is InChI=1S/C12H13N5O3S/c1-20-4-2-9-10(11(18)19)14-15-17(9)7-8-6-16-3-5-21-12(16)13-8/h3,5-6H,2,4,7H2,1H3,(H,18,19). The van der Waals surface area contributed by atoms with E-state index >= 15 is 0 Å². The number of carboxylic acids is 1. The molecule has 0 radical (unpaired) electrons. The minimum atomic E-state index is -1.09. The fourth-order valence-corrected chi connectivity index (χ4v) is 2.80.